The monoisotopic (exact) mass is 411 g/mol. The van der Waals surface area contributed by atoms with Crippen LogP contribution in [0.5, 0.6) is 0 Å². The number of halogens is 1. The number of fused-ring (bicyclic) bond motifs is 1. The number of anilines is 2. The van der Waals surface area contributed by atoms with Gasteiger partial charge in [0.15, 0.2) is 0 Å². The second-order valence-electron chi connectivity index (χ2n) is 7.89. The first-order valence-electron chi connectivity index (χ1n) is 10.4. The molecule has 5 heterocycles. The van der Waals surface area contributed by atoms with Crippen LogP contribution in [-0.4, -0.2) is 63.5 Å². The molecule has 0 aromatic carbocycles. The molecule has 0 bridgehead atoms. The molecule has 7 nitrogen and oxygen atoms in total. The van der Waals surface area contributed by atoms with E-state index in [1.165, 1.54) is 19.3 Å². The third kappa shape index (κ3) is 4.16. The highest BCUT2D eigenvalue weighted by atomic mass is 35.5. The number of imidazole rings is 1. The number of rotatable bonds is 4. The summed E-state index contributed by atoms with van der Waals surface area (Å²) in [5.74, 6) is 2.11. The Balaban J connectivity index is 1.21. The molecule has 0 radical (unpaired) electrons. The fourth-order valence-corrected chi connectivity index (χ4v) is 4.43. The maximum absolute atomic E-state index is 6.08. The van der Waals surface area contributed by atoms with Crippen molar-refractivity contribution in [1.82, 2.24) is 24.3 Å². The molecule has 5 rings (SSSR count). The Labute approximate surface area is 175 Å². The molecular formula is C21H26ClN7. The number of pyridine rings is 1. The fourth-order valence-electron chi connectivity index (χ4n) is 4.26. The van der Waals surface area contributed by atoms with E-state index in [9.17, 15) is 0 Å². The lowest BCUT2D eigenvalue weighted by Gasteiger charge is -2.35. The zero-order chi connectivity index (χ0) is 19.6. The first-order valence-corrected chi connectivity index (χ1v) is 10.8. The number of piperazine rings is 1. The van der Waals surface area contributed by atoms with Gasteiger partial charge in [0.05, 0.1) is 10.7 Å². The van der Waals surface area contributed by atoms with Gasteiger partial charge in [-0.2, -0.15) is 0 Å². The van der Waals surface area contributed by atoms with E-state index in [4.69, 9.17) is 16.6 Å². The molecule has 0 spiro atoms. The van der Waals surface area contributed by atoms with Gasteiger partial charge >= 0.3 is 0 Å². The Kier molecular flexibility index (Phi) is 5.24. The second-order valence-corrected chi connectivity index (χ2v) is 8.33. The van der Waals surface area contributed by atoms with Crippen LogP contribution in [0.4, 0.5) is 11.6 Å². The molecule has 2 fully saturated rings. The molecule has 0 N–H and O–H groups in total. The van der Waals surface area contributed by atoms with E-state index in [0.717, 1.165) is 73.8 Å². The van der Waals surface area contributed by atoms with Crippen molar-refractivity contribution in [3.8, 4) is 0 Å². The molecule has 2 aliphatic rings. The van der Waals surface area contributed by atoms with E-state index in [1.807, 2.05) is 22.7 Å². The predicted molar refractivity (Wildman–Crippen MR) is 116 cm³/mol. The van der Waals surface area contributed by atoms with Crippen LogP contribution in [0, 0.1) is 0 Å². The summed E-state index contributed by atoms with van der Waals surface area (Å²) in [6.07, 6.45) is 9.53. The third-order valence-corrected chi connectivity index (χ3v) is 6.09. The molecule has 3 aromatic heterocycles. The highest BCUT2D eigenvalue weighted by molar-refractivity contribution is 6.30. The molecule has 2 saturated heterocycles. The maximum Gasteiger partial charge on any atom is 0.137 e. The van der Waals surface area contributed by atoms with Crippen molar-refractivity contribution in [1.29, 1.82) is 0 Å². The quantitative estimate of drug-likeness (QED) is 0.657. The van der Waals surface area contributed by atoms with Gasteiger partial charge in [-0.3, -0.25) is 4.90 Å². The van der Waals surface area contributed by atoms with Gasteiger partial charge < -0.3 is 14.2 Å². The molecule has 3 aromatic rings. The number of nitrogens with zero attached hydrogens (tertiary/aromatic N) is 7. The zero-order valence-electron chi connectivity index (χ0n) is 16.5. The van der Waals surface area contributed by atoms with Gasteiger partial charge in [0.2, 0.25) is 0 Å². The molecule has 8 heteroatoms. The third-order valence-electron chi connectivity index (χ3n) is 5.87. The standard InChI is InChI=1S/C21H26ClN7/c22-17-4-5-19-25-18(15-29(19)13-17)14-26-8-10-28(11-9-26)21-12-20(23-16-24-21)27-6-2-1-3-7-27/h4-5,12-13,15-16H,1-3,6-11,14H2. The van der Waals surface area contributed by atoms with Crippen molar-refractivity contribution >= 4 is 28.9 Å². The topological polar surface area (TPSA) is 52.8 Å². The number of piperidine rings is 1. The van der Waals surface area contributed by atoms with Crippen molar-refractivity contribution < 1.29 is 0 Å². The van der Waals surface area contributed by atoms with Crippen LogP contribution in [0.25, 0.3) is 5.65 Å². The summed E-state index contributed by atoms with van der Waals surface area (Å²) in [6.45, 7) is 7.00. The van der Waals surface area contributed by atoms with Crippen LogP contribution >= 0.6 is 11.6 Å². The molecule has 152 valence electrons. The van der Waals surface area contributed by atoms with Gasteiger partial charge in [-0.25, -0.2) is 15.0 Å². The summed E-state index contributed by atoms with van der Waals surface area (Å²) >= 11 is 6.08. The van der Waals surface area contributed by atoms with E-state index in [2.05, 4.69) is 36.9 Å². The van der Waals surface area contributed by atoms with Crippen LogP contribution < -0.4 is 9.80 Å². The first kappa shape index (κ1) is 18.6. The molecule has 0 unspecified atom stereocenters. The molecular weight excluding hydrogens is 386 g/mol. The number of hydrogen-bond acceptors (Lipinski definition) is 6. The van der Waals surface area contributed by atoms with E-state index in [1.54, 1.807) is 6.33 Å². The molecule has 29 heavy (non-hydrogen) atoms. The molecule has 0 atom stereocenters. The summed E-state index contributed by atoms with van der Waals surface area (Å²) in [6, 6.07) is 6.00. The minimum atomic E-state index is 0.726. The smallest absolute Gasteiger partial charge is 0.137 e. The zero-order valence-corrected chi connectivity index (χ0v) is 17.3. The van der Waals surface area contributed by atoms with Crippen LogP contribution in [0.3, 0.4) is 0 Å². The predicted octanol–water partition coefficient (Wildman–Crippen LogP) is 3.09. The molecule has 0 saturated carbocycles. The van der Waals surface area contributed by atoms with Gasteiger partial charge in [0.1, 0.15) is 23.6 Å². The Morgan fingerprint density at radius 2 is 1.55 bits per heavy atom. The van der Waals surface area contributed by atoms with Gasteiger partial charge in [-0.05, 0) is 31.4 Å². The lowest BCUT2D eigenvalue weighted by atomic mass is 10.1. The summed E-state index contributed by atoms with van der Waals surface area (Å²) in [5, 5.41) is 0.726. The number of hydrogen-bond donors (Lipinski definition) is 0. The van der Waals surface area contributed by atoms with E-state index in [0.29, 0.717) is 0 Å². The lowest BCUT2D eigenvalue weighted by molar-refractivity contribution is 0.247. The Morgan fingerprint density at radius 3 is 2.31 bits per heavy atom. The molecule has 0 aliphatic carbocycles. The van der Waals surface area contributed by atoms with Crippen LogP contribution in [0.15, 0.2) is 36.9 Å². The highest BCUT2D eigenvalue weighted by Crippen LogP contribution is 2.22. The van der Waals surface area contributed by atoms with E-state index in [-0.39, 0.29) is 0 Å². The normalized spacial score (nSPS) is 18.5. The maximum atomic E-state index is 6.08. The average Bonchev–Trinajstić information content (AvgIpc) is 3.16. The minimum absolute atomic E-state index is 0.726. The van der Waals surface area contributed by atoms with Crippen LogP contribution in [0.2, 0.25) is 5.02 Å². The largest absolute Gasteiger partial charge is 0.356 e. The van der Waals surface area contributed by atoms with Crippen molar-refractivity contribution in [3.63, 3.8) is 0 Å². The summed E-state index contributed by atoms with van der Waals surface area (Å²) in [7, 11) is 0. The van der Waals surface area contributed by atoms with E-state index >= 15 is 0 Å². The van der Waals surface area contributed by atoms with Gasteiger partial charge in [-0.15, -0.1) is 0 Å². The number of aromatic nitrogens is 4. The summed E-state index contributed by atoms with van der Waals surface area (Å²) in [4.78, 5) is 21.0. The first-order chi connectivity index (χ1) is 14.2. The SMILES string of the molecule is Clc1ccc2nc(CN3CCN(c4cc(N5CCCCC5)ncn4)CC3)cn2c1. The fraction of sp³-hybridized carbons (Fsp3) is 0.476. The van der Waals surface area contributed by atoms with Gasteiger partial charge in [0.25, 0.3) is 0 Å². The lowest BCUT2D eigenvalue weighted by Crippen LogP contribution is -2.46. The Bertz CT molecular complexity index is 974. The van der Waals surface area contributed by atoms with Crippen molar-refractivity contribution in [2.75, 3.05) is 49.1 Å². The second kappa shape index (κ2) is 8.16. The van der Waals surface area contributed by atoms with Crippen molar-refractivity contribution in [2.24, 2.45) is 0 Å². The van der Waals surface area contributed by atoms with Crippen LogP contribution in [0.1, 0.15) is 25.0 Å². The van der Waals surface area contributed by atoms with Gasteiger partial charge in [-0.1, -0.05) is 11.6 Å². The Hall–Kier alpha value is -2.38. The Morgan fingerprint density at radius 1 is 0.828 bits per heavy atom. The van der Waals surface area contributed by atoms with E-state index < -0.39 is 0 Å². The molecule has 0 amide bonds. The highest BCUT2D eigenvalue weighted by Gasteiger charge is 2.20. The van der Waals surface area contributed by atoms with Crippen molar-refractivity contribution in [2.45, 2.75) is 25.8 Å². The van der Waals surface area contributed by atoms with Gasteiger partial charge in [0, 0.05) is 64.3 Å². The molecule has 2 aliphatic heterocycles. The average molecular weight is 412 g/mol. The summed E-state index contributed by atoms with van der Waals surface area (Å²) in [5.41, 5.74) is 2.02. The summed E-state index contributed by atoms with van der Waals surface area (Å²) < 4.78 is 2.00. The van der Waals surface area contributed by atoms with Crippen LogP contribution in [-0.2, 0) is 6.54 Å². The van der Waals surface area contributed by atoms with Crippen molar-refractivity contribution in [3.05, 3.63) is 47.6 Å². The minimum Gasteiger partial charge on any atom is -0.356 e.